The molecule has 0 bridgehead atoms. The number of nitrogens with one attached hydrogen (secondary N) is 1. The fourth-order valence-electron chi connectivity index (χ4n) is 2.87. The van der Waals surface area contributed by atoms with Crippen LogP contribution in [0.4, 0.5) is 5.69 Å². The van der Waals surface area contributed by atoms with Crippen molar-refractivity contribution in [2.45, 2.75) is 30.3 Å². The van der Waals surface area contributed by atoms with E-state index in [9.17, 15) is 13.2 Å². The first kappa shape index (κ1) is 16.4. The Morgan fingerprint density at radius 3 is 2.57 bits per heavy atom. The molecular weight excluding hydrogens is 318 g/mol. The lowest BCUT2D eigenvalue weighted by molar-refractivity contribution is -0.124. The van der Waals surface area contributed by atoms with E-state index in [1.807, 2.05) is 0 Å². The number of anilines is 1. The van der Waals surface area contributed by atoms with E-state index in [-0.39, 0.29) is 22.5 Å². The van der Waals surface area contributed by atoms with Crippen molar-refractivity contribution in [1.29, 1.82) is 0 Å². The number of ether oxygens (including phenoxy) is 2. The molecule has 0 aromatic heterocycles. The molecule has 2 aliphatic heterocycles. The van der Waals surface area contributed by atoms with E-state index in [0.29, 0.717) is 25.5 Å². The quantitative estimate of drug-likeness (QED) is 0.881. The zero-order valence-corrected chi connectivity index (χ0v) is 13.7. The van der Waals surface area contributed by atoms with Gasteiger partial charge in [-0.05, 0) is 49.4 Å². The summed E-state index contributed by atoms with van der Waals surface area (Å²) in [6.45, 7) is 1.75. The molecule has 23 heavy (non-hydrogen) atoms. The van der Waals surface area contributed by atoms with Gasteiger partial charge in [0.1, 0.15) is 6.10 Å². The van der Waals surface area contributed by atoms with Gasteiger partial charge in [-0.15, -0.1) is 0 Å². The average molecular weight is 339 g/mol. The SMILES string of the molecule is O=C(Nc1ccc(S(=O)(=O)CC2CCOC2)cc1)C1CCCO1. The monoisotopic (exact) mass is 339 g/mol. The van der Waals surface area contributed by atoms with Gasteiger partial charge >= 0.3 is 0 Å². The summed E-state index contributed by atoms with van der Waals surface area (Å²) in [4.78, 5) is 12.2. The Labute approximate surface area is 136 Å². The zero-order chi connectivity index (χ0) is 16.3. The van der Waals surface area contributed by atoms with Gasteiger partial charge < -0.3 is 14.8 Å². The number of hydrogen-bond acceptors (Lipinski definition) is 5. The number of amides is 1. The number of sulfone groups is 1. The molecule has 2 unspecified atom stereocenters. The highest BCUT2D eigenvalue weighted by Crippen LogP contribution is 2.22. The third kappa shape index (κ3) is 4.10. The average Bonchev–Trinajstić information content (AvgIpc) is 3.20. The molecule has 126 valence electrons. The van der Waals surface area contributed by atoms with Crippen molar-refractivity contribution in [2.24, 2.45) is 5.92 Å². The second kappa shape index (κ2) is 6.98. The summed E-state index contributed by atoms with van der Waals surface area (Å²) < 4.78 is 35.3. The molecule has 3 rings (SSSR count). The lowest BCUT2D eigenvalue weighted by atomic mass is 10.2. The van der Waals surface area contributed by atoms with Crippen LogP contribution in [0.1, 0.15) is 19.3 Å². The summed E-state index contributed by atoms with van der Waals surface area (Å²) >= 11 is 0. The molecule has 2 atom stereocenters. The maximum Gasteiger partial charge on any atom is 0.253 e. The van der Waals surface area contributed by atoms with Crippen LogP contribution < -0.4 is 5.32 Å². The summed E-state index contributed by atoms with van der Waals surface area (Å²) in [7, 11) is -3.32. The minimum atomic E-state index is -3.32. The van der Waals surface area contributed by atoms with Crippen LogP contribution in [0, 0.1) is 5.92 Å². The van der Waals surface area contributed by atoms with Crippen molar-refractivity contribution >= 4 is 21.4 Å². The molecule has 1 aromatic carbocycles. The first-order valence-electron chi connectivity index (χ1n) is 7.88. The van der Waals surface area contributed by atoms with Crippen molar-refractivity contribution in [3.8, 4) is 0 Å². The van der Waals surface area contributed by atoms with E-state index in [1.165, 1.54) is 12.1 Å². The predicted octanol–water partition coefficient (Wildman–Crippen LogP) is 1.61. The van der Waals surface area contributed by atoms with Gasteiger partial charge in [-0.25, -0.2) is 8.42 Å². The number of rotatable bonds is 5. The molecule has 0 radical (unpaired) electrons. The summed E-state index contributed by atoms with van der Waals surface area (Å²) in [6, 6.07) is 6.31. The van der Waals surface area contributed by atoms with Gasteiger partial charge in [0.2, 0.25) is 0 Å². The highest BCUT2D eigenvalue weighted by atomic mass is 32.2. The van der Waals surface area contributed by atoms with Crippen LogP contribution in [-0.4, -0.2) is 46.0 Å². The second-order valence-electron chi connectivity index (χ2n) is 6.03. The topological polar surface area (TPSA) is 81.7 Å². The third-order valence-electron chi connectivity index (χ3n) is 4.18. The highest BCUT2D eigenvalue weighted by molar-refractivity contribution is 7.91. The second-order valence-corrected chi connectivity index (χ2v) is 8.06. The minimum absolute atomic E-state index is 0.0684. The van der Waals surface area contributed by atoms with Gasteiger partial charge in [0.15, 0.2) is 9.84 Å². The fourth-order valence-corrected chi connectivity index (χ4v) is 4.50. The molecule has 6 nitrogen and oxygen atoms in total. The van der Waals surface area contributed by atoms with Gasteiger partial charge in [0.05, 0.1) is 17.3 Å². The van der Waals surface area contributed by atoms with Crippen LogP contribution in [0.3, 0.4) is 0 Å². The molecular formula is C16H21NO5S. The summed E-state index contributed by atoms with van der Waals surface area (Å²) in [6.07, 6.45) is 2.00. The number of benzene rings is 1. The van der Waals surface area contributed by atoms with Crippen molar-refractivity contribution in [1.82, 2.24) is 0 Å². The van der Waals surface area contributed by atoms with Crippen molar-refractivity contribution in [3.05, 3.63) is 24.3 Å². The van der Waals surface area contributed by atoms with Crippen molar-refractivity contribution in [2.75, 3.05) is 30.9 Å². The summed E-state index contributed by atoms with van der Waals surface area (Å²) in [5.74, 6) is -0.00524. The lowest BCUT2D eigenvalue weighted by Crippen LogP contribution is -2.26. The standard InChI is InChI=1S/C16H21NO5S/c18-16(15-2-1-8-22-15)17-13-3-5-14(6-4-13)23(19,20)11-12-7-9-21-10-12/h3-6,12,15H,1-2,7-11H2,(H,17,18). The molecule has 0 aliphatic carbocycles. The highest BCUT2D eigenvalue weighted by Gasteiger charge is 2.25. The van der Waals surface area contributed by atoms with E-state index in [2.05, 4.69) is 5.32 Å². The number of hydrogen-bond donors (Lipinski definition) is 1. The first-order chi connectivity index (χ1) is 11.0. The lowest BCUT2D eigenvalue weighted by Gasteiger charge is -2.12. The Balaban J connectivity index is 1.62. The van der Waals surface area contributed by atoms with Gasteiger partial charge in [0, 0.05) is 18.9 Å². The minimum Gasteiger partial charge on any atom is -0.381 e. The van der Waals surface area contributed by atoms with E-state index < -0.39 is 15.9 Å². The molecule has 1 amide bonds. The predicted molar refractivity (Wildman–Crippen MR) is 85.0 cm³/mol. The molecule has 0 spiro atoms. The normalized spacial score (nSPS) is 24.7. The van der Waals surface area contributed by atoms with Crippen LogP contribution in [0.25, 0.3) is 0 Å². The third-order valence-corrected chi connectivity index (χ3v) is 6.08. The van der Waals surface area contributed by atoms with E-state index in [0.717, 1.165) is 19.3 Å². The molecule has 0 saturated carbocycles. The Hall–Kier alpha value is -1.44. The van der Waals surface area contributed by atoms with Crippen LogP contribution in [-0.2, 0) is 24.1 Å². The van der Waals surface area contributed by atoms with Crippen molar-refractivity contribution < 1.29 is 22.7 Å². The van der Waals surface area contributed by atoms with Crippen LogP contribution in [0.2, 0.25) is 0 Å². The van der Waals surface area contributed by atoms with Gasteiger partial charge in [-0.2, -0.15) is 0 Å². The van der Waals surface area contributed by atoms with Gasteiger partial charge in [-0.1, -0.05) is 0 Å². The van der Waals surface area contributed by atoms with E-state index >= 15 is 0 Å². The Morgan fingerprint density at radius 2 is 1.96 bits per heavy atom. The van der Waals surface area contributed by atoms with E-state index in [4.69, 9.17) is 9.47 Å². The summed E-state index contributed by atoms with van der Waals surface area (Å²) in [5, 5.41) is 2.76. The zero-order valence-electron chi connectivity index (χ0n) is 12.9. The Morgan fingerprint density at radius 1 is 1.17 bits per heavy atom. The molecule has 1 N–H and O–H groups in total. The molecule has 2 saturated heterocycles. The summed E-state index contributed by atoms with van der Waals surface area (Å²) in [5.41, 5.74) is 0.577. The molecule has 1 aromatic rings. The number of carbonyl (C=O) groups excluding carboxylic acids is 1. The van der Waals surface area contributed by atoms with Crippen LogP contribution >= 0.6 is 0 Å². The Kier molecular flexibility index (Phi) is 4.99. The van der Waals surface area contributed by atoms with E-state index in [1.54, 1.807) is 12.1 Å². The molecule has 2 aliphatic rings. The smallest absolute Gasteiger partial charge is 0.253 e. The maximum atomic E-state index is 12.4. The van der Waals surface area contributed by atoms with Crippen LogP contribution in [0.15, 0.2) is 29.2 Å². The Bertz CT molecular complexity index is 644. The fraction of sp³-hybridized carbons (Fsp3) is 0.562. The molecule has 7 heteroatoms. The maximum absolute atomic E-state index is 12.4. The van der Waals surface area contributed by atoms with Gasteiger partial charge in [0.25, 0.3) is 5.91 Å². The van der Waals surface area contributed by atoms with Gasteiger partial charge in [-0.3, -0.25) is 4.79 Å². The molecule has 2 heterocycles. The molecule has 2 fully saturated rings. The van der Waals surface area contributed by atoms with Crippen LogP contribution in [0.5, 0.6) is 0 Å². The first-order valence-corrected chi connectivity index (χ1v) is 9.53. The van der Waals surface area contributed by atoms with Crippen molar-refractivity contribution in [3.63, 3.8) is 0 Å². The largest absolute Gasteiger partial charge is 0.381 e. The number of carbonyl (C=O) groups is 1.